The summed E-state index contributed by atoms with van der Waals surface area (Å²) in [5.74, 6) is -1.57. The van der Waals surface area contributed by atoms with Crippen LogP contribution in [0.15, 0.2) is 85.1 Å². The zero-order valence-corrected chi connectivity index (χ0v) is 30.5. The van der Waals surface area contributed by atoms with Gasteiger partial charge in [0.15, 0.2) is 0 Å². The van der Waals surface area contributed by atoms with Crippen LogP contribution in [0.25, 0.3) is 11.1 Å². The van der Waals surface area contributed by atoms with Gasteiger partial charge in [0, 0.05) is 75.0 Å². The Balaban J connectivity index is 1.84. The van der Waals surface area contributed by atoms with Gasteiger partial charge in [-0.05, 0) is 59.8 Å². The molecule has 0 aliphatic rings. The van der Waals surface area contributed by atoms with Crippen molar-refractivity contribution < 1.29 is 28.4 Å². The summed E-state index contributed by atoms with van der Waals surface area (Å²) in [6.45, 7) is 13.6. The minimum atomic E-state index is -1.53. The van der Waals surface area contributed by atoms with Gasteiger partial charge in [-0.1, -0.05) is 70.7 Å². The number of rotatable bonds is 14. The number of benzene rings is 3. The molecule has 2 amide bonds. The van der Waals surface area contributed by atoms with Gasteiger partial charge in [0.25, 0.3) is 11.6 Å². The second-order valence-corrected chi connectivity index (χ2v) is 20.5. The largest absolute Gasteiger partial charge is 0.465 e. The van der Waals surface area contributed by atoms with Crippen LogP contribution in [-0.2, 0) is 6.54 Å². The van der Waals surface area contributed by atoms with Crippen LogP contribution in [0.2, 0.25) is 25.7 Å². The maximum atomic E-state index is 15.2. The van der Waals surface area contributed by atoms with Gasteiger partial charge in [0.05, 0.1) is 11.0 Å². The molecule has 0 aliphatic carbocycles. The summed E-state index contributed by atoms with van der Waals surface area (Å²) in [7, 11) is -1.53. The van der Waals surface area contributed by atoms with Crippen LogP contribution in [0, 0.1) is 27.2 Å². The van der Waals surface area contributed by atoms with Crippen molar-refractivity contribution in [3.05, 3.63) is 124 Å². The molecule has 1 N–H and O–H groups in total. The first-order chi connectivity index (χ1) is 23.4. The molecular weight excluding hydrogens is 659 g/mol. The van der Waals surface area contributed by atoms with Crippen molar-refractivity contribution >= 4 is 25.8 Å². The standard InChI is InChI=1S/C38H46F2N4O5Si/c1-38(2,3)35(34-23-29(32-24-30(39)15-18-33(32)40)26-42(34)25-27-11-8-7-9-12-27)43(36(45)28-13-16-31(17-14-28)44(48)49)20-10-19-41(37(46)47)21-22-50(4,5)6/h7-9,11-18,23-24,26,35H,10,19-22,25H2,1-6H3,(H,46,47)/t35-/m0/s1. The molecule has 266 valence electrons. The number of carbonyl (C=O) groups excluding carboxylic acids is 1. The van der Waals surface area contributed by atoms with E-state index in [0.29, 0.717) is 30.8 Å². The van der Waals surface area contributed by atoms with E-state index in [-0.39, 0.29) is 29.9 Å². The highest BCUT2D eigenvalue weighted by atomic mass is 28.3. The zero-order valence-electron chi connectivity index (χ0n) is 29.5. The normalized spacial score (nSPS) is 12.4. The lowest BCUT2D eigenvalue weighted by molar-refractivity contribution is -0.384. The highest BCUT2D eigenvalue weighted by Crippen LogP contribution is 2.42. The van der Waals surface area contributed by atoms with E-state index in [0.717, 1.165) is 29.8 Å². The molecule has 12 heteroatoms. The maximum Gasteiger partial charge on any atom is 0.407 e. The number of nitro benzene ring substituents is 1. The molecule has 0 fully saturated rings. The third-order valence-corrected chi connectivity index (χ3v) is 10.3. The van der Waals surface area contributed by atoms with Crippen molar-refractivity contribution in [2.75, 3.05) is 19.6 Å². The second-order valence-electron chi connectivity index (χ2n) is 14.9. The molecule has 50 heavy (non-hydrogen) atoms. The number of carbonyl (C=O) groups is 2. The first kappa shape index (κ1) is 38.0. The summed E-state index contributed by atoms with van der Waals surface area (Å²) in [6, 6.07) is 20.3. The van der Waals surface area contributed by atoms with Crippen molar-refractivity contribution in [1.82, 2.24) is 14.4 Å². The molecule has 1 aromatic heterocycles. The molecule has 1 atom stereocenters. The van der Waals surface area contributed by atoms with E-state index >= 15 is 4.39 Å². The summed E-state index contributed by atoms with van der Waals surface area (Å²) < 4.78 is 31.5. The lowest BCUT2D eigenvalue weighted by Gasteiger charge is -2.41. The topological polar surface area (TPSA) is 109 Å². The summed E-state index contributed by atoms with van der Waals surface area (Å²) in [4.78, 5) is 40.6. The molecular formula is C38H46F2N4O5Si. The van der Waals surface area contributed by atoms with Crippen LogP contribution in [0.3, 0.4) is 0 Å². The Hall–Kier alpha value is -4.84. The fourth-order valence-electron chi connectivity index (χ4n) is 6.06. The summed E-state index contributed by atoms with van der Waals surface area (Å²) in [6.07, 6.45) is 1.06. The van der Waals surface area contributed by atoms with Crippen molar-refractivity contribution in [3.63, 3.8) is 0 Å². The molecule has 9 nitrogen and oxygen atoms in total. The minimum absolute atomic E-state index is 0.0819. The number of halogens is 2. The number of carboxylic acid groups (broad SMARTS) is 1. The average Bonchev–Trinajstić information content (AvgIpc) is 3.44. The fraction of sp³-hybridized carbons (Fsp3) is 0.368. The molecule has 1 heterocycles. The summed E-state index contributed by atoms with van der Waals surface area (Å²) in [5, 5.41) is 21.4. The zero-order chi connectivity index (χ0) is 36.8. The second kappa shape index (κ2) is 15.8. The predicted octanol–water partition coefficient (Wildman–Crippen LogP) is 9.33. The molecule has 0 unspecified atom stereocenters. The third kappa shape index (κ3) is 9.87. The fourth-order valence-corrected chi connectivity index (χ4v) is 7.00. The quantitative estimate of drug-likeness (QED) is 0.0800. The molecule has 0 spiro atoms. The minimum Gasteiger partial charge on any atom is -0.465 e. The molecule has 0 radical (unpaired) electrons. The van der Waals surface area contributed by atoms with Gasteiger partial charge in [-0.15, -0.1) is 0 Å². The first-order valence-corrected chi connectivity index (χ1v) is 20.4. The Morgan fingerprint density at radius 2 is 1.60 bits per heavy atom. The number of non-ortho nitro benzene ring substituents is 1. The SMILES string of the molecule is CC(C)(C)[C@H](c1cc(-c2cc(F)ccc2F)cn1Cc1ccccc1)N(CCCN(CC[Si](C)(C)C)C(=O)O)C(=O)c1ccc([N+](=O)[O-])cc1. The number of amides is 2. The van der Waals surface area contributed by atoms with E-state index in [2.05, 4.69) is 19.6 Å². The van der Waals surface area contributed by atoms with Crippen LogP contribution in [0.5, 0.6) is 0 Å². The maximum absolute atomic E-state index is 15.2. The highest BCUT2D eigenvalue weighted by Gasteiger charge is 2.38. The third-order valence-electron chi connectivity index (χ3n) is 8.59. The Kier molecular flexibility index (Phi) is 12.0. The van der Waals surface area contributed by atoms with Gasteiger partial charge in [-0.3, -0.25) is 14.9 Å². The van der Waals surface area contributed by atoms with Crippen LogP contribution in [-0.4, -0.2) is 64.1 Å². The van der Waals surface area contributed by atoms with E-state index in [1.807, 2.05) is 55.7 Å². The van der Waals surface area contributed by atoms with E-state index in [1.54, 1.807) is 17.2 Å². The molecule has 0 saturated carbocycles. The molecule has 0 saturated heterocycles. The van der Waals surface area contributed by atoms with Crippen molar-refractivity contribution in [2.45, 2.75) is 65.5 Å². The number of hydrogen-bond acceptors (Lipinski definition) is 4. The number of nitrogens with zero attached hydrogens (tertiary/aromatic N) is 4. The Morgan fingerprint density at radius 1 is 0.940 bits per heavy atom. The smallest absolute Gasteiger partial charge is 0.407 e. The van der Waals surface area contributed by atoms with Crippen molar-refractivity contribution in [2.24, 2.45) is 5.41 Å². The average molecular weight is 705 g/mol. The highest BCUT2D eigenvalue weighted by molar-refractivity contribution is 6.76. The summed E-state index contributed by atoms with van der Waals surface area (Å²) in [5.41, 5.74) is 1.60. The van der Waals surface area contributed by atoms with Crippen LogP contribution in [0.4, 0.5) is 19.3 Å². The molecule has 0 aliphatic heterocycles. The first-order valence-electron chi connectivity index (χ1n) is 16.7. The molecule has 4 rings (SSSR count). The Bertz CT molecular complexity index is 1800. The number of aromatic nitrogens is 1. The van der Waals surface area contributed by atoms with Crippen LogP contribution >= 0.6 is 0 Å². The van der Waals surface area contributed by atoms with E-state index < -0.39 is 48.1 Å². The molecule has 4 aromatic rings. The lowest BCUT2D eigenvalue weighted by Crippen LogP contribution is -2.44. The predicted molar refractivity (Wildman–Crippen MR) is 194 cm³/mol. The summed E-state index contributed by atoms with van der Waals surface area (Å²) >= 11 is 0. The van der Waals surface area contributed by atoms with Gasteiger partial charge in [0.1, 0.15) is 11.6 Å². The van der Waals surface area contributed by atoms with Gasteiger partial charge in [-0.25, -0.2) is 13.6 Å². The van der Waals surface area contributed by atoms with Crippen LogP contribution < -0.4 is 0 Å². The molecule has 0 bridgehead atoms. The van der Waals surface area contributed by atoms with Crippen LogP contribution in [0.1, 0.15) is 54.8 Å². The van der Waals surface area contributed by atoms with Crippen molar-refractivity contribution in [1.29, 1.82) is 0 Å². The van der Waals surface area contributed by atoms with Gasteiger partial charge in [-0.2, -0.15) is 0 Å². The monoisotopic (exact) mass is 704 g/mol. The number of hydrogen-bond donors (Lipinski definition) is 1. The van der Waals surface area contributed by atoms with E-state index in [9.17, 15) is 29.2 Å². The number of nitro groups is 1. The van der Waals surface area contributed by atoms with Gasteiger partial charge < -0.3 is 19.5 Å². The van der Waals surface area contributed by atoms with E-state index in [4.69, 9.17) is 0 Å². The Labute approximate surface area is 293 Å². The Morgan fingerprint density at radius 3 is 2.18 bits per heavy atom. The van der Waals surface area contributed by atoms with Gasteiger partial charge >= 0.3 is 6.09 Å². The van der Waals surface area contributed by atoms with E-state index in [1.165, 1.54) is 29.2 Å². The van der Waals surface area contributed by atoms with Crippen molar-refractivity contribution in [3.8, 4) is 11.1 Å². The lowest BCUT2D eigenvalue weighted by atomic mass is 9.82. The molecule has 3 aromatic carbocycles. The van der Waals surface area contributed by atoms with Gasteiger partial charge in [0.2, 0.25) is 0 Å².